The van der Waals surface area contributed by atoms with Crippen LogP contribution in [0, 0.1) is 0 Å². The normalized spacial score (nSPS) is 17.8. The summed E-state index contributed by atoms with van der Waals surface area (Å²) in [5.41, 5.74) is 1.52. The van der Waals surface area contributed by atoms with Gasteiger partial charge >= 0.3 is 0 Å². The maximum absolute atomic E-state index is 13.1. The van der Waals surface area contributed by atoms with Crippen molar-refractivity contribution in [3.63, 3.8) is 0 Å². The second kappa shape index (κ2) is 10.6. The number of hydroxylamine groups is 1. The summed E-state index contributed by atoms with van der Waals surface area (Å²) in [5.74, 6) is -0.476. The van der Waals surface area contributed by atoms with Gasteiger partial charge in [-0.3, -0.25) is 14.8 Å². The van der Waals surface area contributed by atoms with E-state index in [0.29, 0.717) is 12.2 Å². The number of nitrogens with one attached hydrogen (secondary N) is 1. The number of carbonyl (C=O) groups is 2. The van der Waals surface area contributed by atoms with Crippen molar-refractivity contribution in [2.75, 3.05) is 26.7 Å². The largest absolute Gasteiger partial charge is 0.497 e. The predicted molar refractivity (Wildman–Crippen MR) is 106 cm³/mol. The molecule has 9 nitrogen and oxygen atoms in total. The van der Waals surface area contributed by atoms with Crippen LogP contribution in [0.2, 0.25) is 0 Å². The lowest BCUT2D eigenvalue weighted by atomic mass is 10.1. The Labute approximate surface area is 171 Å². The molecule has 2 N–H and O–H groups in total. The summed E-state index contributed by atoms with van der Waals surface area (Å²) in [4.78, 5) is 26.2. The van der Waals surface area contributed by atoms with E-state index in [9.17, 15) is 18.0 Å². The van der Waals surface area contributed by atoms with Crippen molar-refractivity contribution < 1.29 is 28.0 Å². The van der Waals surface area contributed by atoms with Crippen molar-refractivity contribution in [1.82, 2.24) is 14.7 Å². The third-order valence-electron chi connectivity index (χ3n) is 5.01. The van der Waals surface area contributed by atoms with E-state index < -0.39 is 22.0 Å². The molecule has 1 aromatic carbocycles. The highest BCUT2D eigenvalue weighted by molar-refractivity contribution is 7.89. The molecule has 0 aliphatic carbocycles. The van der Waals surface area contributed by atoms with Crippen molar-refractivity contribution in [2.24, 2.45) is 0 Å². The maximum Gasteiger partial charge on any atom is 0.263 e. The summed E-state index contributed by atoms with van der Waals surface area (Å²) in [7, 11) is -2.52. The lowest BCUT2D eigenvalue weighted by molar-refractivity contribution is -0.139. The zero-order valence-corrected chi connectivity index (χ0v) is 17.7. The molecule has 10 heteroatoms. The number of piperazine rings is 1. The van der Waals surface area contributed by atoms with E-state index >= 15 is 0 Å². The molecule has 0 saturated carbocycles. The van der Waals surface area contributed by atoms with Gasteiger partial charge in [0.15, 0.2) is 0 Å². The van der Waals surface area contributed by atoms with Gasteiger partial charge in [-0.05, 0) is 30.7 Å². The van der Waals surface area contributed by atoms with Gasteiger partial charge in [0.1, 0.15) is 11.8 Å². The number of ether oxygens (including phenoxy) is 1. The van der Waals surface area contributed by atoms with Crippen LogP contribution in [0.25, 0.3) is 0 Å². The number of sulfonamides is 1. The average Bonchev–Trinajstić information content (AvgIpc) is 2.75. The molecular formula is C19H29N3O6S. The monoisotopic (exact) mass is 427 g/mol. The second-order valence-electron chi connectivity index (χ2n) is 6.93. The molecule has 1 unspecified atom stereocenters. The van der Waals surface area contributed by atoms with Gasteiger partial charge in [0.25, 0.3) is 5.91 Å². The van der Waals surface area contributed by atoms with E-state index in [1.807, 2.05) is 0 Å². The number of methoxy groups -OCH3 is 1. The van der Waals surface area contributed by atoms with E-state index in [1.165, 1.54) is 41.8 Å². The quantitative estimate of drug-likeness (QED) is 0.349. The van der Waals surface area contributed by atoms with E-state index in [0.717, 1.165) is 30.0 Å². The Morgan fingerprint density at radius 3 is 2.45 bits per heavy atom. The van der Waals surface area contributed by atoms with Gasteiger partial charge in [-0.2, -0.15) is 4.31 Å². The number of nitrogens with zero attached hydrogens (tertiary/aromatic N) is 2. The molecule has 0 radical (unpaired) electrons. The number of hydrogen-bond donors (Lipinski definition) is 2. The molecule has 1 heterocycles. The van der Waals surface area contributed by atoms with Gasteiger partial charge < -0.3 is 9.64 Å². The molecule has 0 aromatic heterocycles. The van der Waals surface area contributed by atoms with E-state index in [2.05, 4.69) is 6.92 Å². The van der Waals surface area contributed by atoms with Gasteiger partial charge in [0.05, 0.1) is 12.0 Å². The third-order valence-corrected chi connectivity index (χ3v) is 6.93. The van der Waals surface area contributed by atoms with Gasteiger partial charge in [-0.25, -0.2) is 13.9 Å². The number of benzene rings is 1. The van der Waals surface area contributed by atoms with Gasteiger partial charge in [-0.15, -0.1) is 0 Å². The van der Waals surface area contributed by atoms with Crippen molar-refractivity contribution in [3.8, 4) is 5.75 Å². The molecule has 1 aliphatic rings. The van der Waals surface area contributed by atoms with Crippen LogP contribution in [0.1, 0.15) is 39.0 Å². The molecule has 1 atom stereocenters. The van der Waals surface area contributed by atoms with Crippen LogP contribution in [0.3, 0.4) is 0 Å². The van der Waals surface area contributed by atoms with Crippen LogP contribution in [0.5, 0.6) is 5.75 Å². The number of hydrogen-bond acceptors (Lipinski definition) is 6. The highest BCUT2D eigenvalue weighted by atomic mass is 32.2. The molecule has 162 valence electrons. The van der Waals surface area contributed by atoms with Crippen LogP contribution in [0.4, 0.5) is 0 Å². The summed E-state index contributed by atoms with van der Waals surface area (Å²) in [6.45, 7) is 2.14. The van der Waals surface area contributed by atoms with Crippen molar-refractivity contribution in [3.05, 3.63) is 24.3 Å². The molecule has 0 spiro atoms. The molecular weight excluding hydrogens is 398 g/mol. The Kier molecular flexibility index (Phi) is 8.42. The van der Waals surface area contributed by atoms with Crippen LogP contribution in [-0.4, -0.2) is 67.4 Å². The van der Waals surface area contributed by atoms with Crippen LogP contribution in [-0.2, 0) is 19.6 Å². The number of unbranched alkanes of at least 4 members (excludes halogenated alkanes) is 3. The highest BCUT2D eigenvalue weighted by Gasteiger charge is 2.41. The second-order valence-corrected chi connectivity index (χ2v) is 8.82. The van der Waals surface area contributed by atoms with Gasteiger partial charge in [0.2, 0.25) is 15.9 Å². The Bertz CT molecular complexity index is 797. The molecule has 2 amide bonds. The molecule has 0 bridgehead atoms. The summed E-state index contributed by atoms with van der Waals surface area (Å²) < 4.78 is 32.2. The first kappa shape index (κ1) is 23.1. The third kappa shape index (κ3) is 5.68. The van der Waals surface area contributed by atoms with Crippen LogP contribution < -0.4 is 10.2 Å². The Balaban J connectivity index is 2.16. The summed E-state index contributed by atoms with van der Waals surface area (Å²) in [5, 5.41) is 9.09. The maximum atomic E-state index is 13.1. The molecule has 29 heavy (non-hydrogen) atoms. The Morgan fingerprint density at radius 1 is 1.17 bits per heavy atom. The topological polar surface area (TPSA) is 116 Å². The fourth-order valence-corrected chi connectivity index (χ4v) is 4.88. The van der Waals surface area contributed by atoms with Crippen molar-refractivity contribution in [1.29, 1.82) is 0 Å². The van der Waals surface area contributed by atoms with E-state index in [1.54, 1.807) is 0 Å². The standard InChI is InChI=1S/C19H29N3O6S/c1-3-4-5-6-7-18(23)21-12-13-22(17(14-21)19(24)20-25)29(26,27)16-10-8-15(28-2)9-11-16/h8-11,17,25H,3-7,12-14H2,1-2H3,(H,20,24). The van der Waals surface area contributed by atoms with Crippen LogP contribution >= 0.6 is 0 Å². The van der Waals surface area contributed by atoms with Crippen LogP contribution in [0.15, 0.2) is 29.2 Å². The first-order valence-electron chi connectivity index (χ1n) is 9.72. The summed E-state index contributed by atoms with van der Waals surface area (Å²) >= 11 is 0. The number of amides is 2. The minimum atomic E-state index is -4.00. The zero-order valence-electron chi connectivity index (χ0n) is 16.8. The minimum Gasteiger partial charge on any atom is -0.497 e. The predicted octanol–water partition coefficient (Wildman–Crippen LogP) is 1.37. The molecule has 2 rings (SSSR count). The molecule has 1 aromatic rings. The fourth-order valence-electron chi connectivity index (χ4n) is 3.31. The van der Waals surface area contributed by atoms with Crippen molar-refractivity contribution >= 4 is 21.8 Å². The zero-order chi connectivity index (χ0) is 21.4. The summed E-state index contributed by atoms with van der Waals surface area (Å²) in [6, 6.07) is 4.62. The lowest BCUT2D eigenvalue weighted by Gasteiger charge is -2.39. The first-order valence-corrected chi connectivity index (χ1v) is 11.2. The van der Waals surface area contributed by atoms with Crippen molar-refractivity contribution in [2.45, 2.75) is 50.0 Å². The van der Waals surface area contributed by atoms with Gasteiger partial charge in [-0.1, -0.05) is 26.2 Å². The average molecular weight is 428 g/mol. The lowest BCUT2D eigenvalue weighted by Crippen LogP contribution is -2.61. The molecule has 1 fully saturated rings. The smallest absolute Gasteiger partial charge is 0.263 e. The Hall–Kier alpha value is -2.17. The number of carbonyl (C=O) groups excluding carboxylic acids is 2. The van der Waals surface area contributed by atoms with E-state index in [-0.39, 0.29) is 30.4 Å². The molecule has 1 aliphatic heterocycles. The van der Waals surface area contributed by atoms with Gasteiger partial charge in [0, 0.05) is 26.1 Å². The minimum absolute atomic E-state index is 0.00776. The summed E-state index contributed by atoms with van der Waals surface area (Å²) in [6.07, 6.45) is 4.19. The fraction of sp³-hybridized carbons (Fsp3) is 0.579. The Morgan fingerprint density at radius 2 is 1.86 bits per heavy atom. The SMILES string of the molecule is CCCCCCC(=O)N1CCN(S(=O)(=O)c2ccc(OC)cc2)C(C(=O)NO)C1. The number of rotatable bonds is 9. The first-order chi connectivity index (χ1) is 13.8. The van der Waals surface area contributed by atoms with E-state index in [4.69, 9.17) is 9.94 Å². The molecule has 1 saturated heterocycles. The highest BCUT2D eigenvalue weighted by Crippen LogP contribution is 2.24.